The van der Waals surface area contributed by atoms with Crippen LogP contribution in [-0.2, 0) is 11.2 Å². The molecule has 2 N–H and O–H groups in total. The minimum Gasteiger partial charge on any atom is -0.480 e. The average Bonchev–Trinajstić information content (AvgIpc) is 3.01. The summed E-state index contributed by atoms with van der Waals surface area (Å²) in [5, 5.41) is 13.0. The number of hydrogen-bond donors (Lipinski definition) is 2. The molecule has 0 saturated carbocycles. The number of carbonyl (C=O) groups excluding carboxylic acids is 1. The number of halogens is 1. The Morgan fingerprint density at radius 1 is 1.42 bits per heavy atom. The normalized spacial score (nSPS) is 20.9. The summed E-state index contributed by atoms with van der Waals surface area (Å²) < 4.78 is 0. The van der Waals surface area contributed by atoms with Crippen LogP contribution in [0.5, 0.6) is 0 Å². The number of carbonyl (C=O) groups is 2. The Bertz CT molecular complexity index is 591. The summed E-state index contributed by atoms with van der Waals surface area (Å²) in [4.78, 5) is 30.5. The van der Waals surface area contributed by atoms with E-state index in [1.165, 1.54) is 11.3 Å². The van der Waals surface area contributed by atoms with Crippen LogP contribution in [0.25, 0.3) is 0 Å². The van der Waals surface area contributed by atoms with Gasteiger partial charge in [-0.1, -0.05) is 20.8 Å². The predicted molar refractivity (Wildman–Crippen MR) is 97.1 cm³/mol. The average molecular weight is 376 g/mol. The number of nitrogens with zero attached hydrogens (tertiary/aromatic N) is 2. The summed E-state index contributed by atoms with van der Waals surface area (Å²) in [5.74, 6) is -0.267. The van der Waals surface area contributed by atoms with Gasteiger partial charge in [0.05, 0.1) is 17.2 Å². The number of amides is 1. The zero-order valence-corrected chi connectivity index (χ0v) is 16.2. The van der Waals surface area contributed by atoms with Gasteiger partial charge in [-0.05, 0) is 25.2 Å². The zero-order valence-electron chi connectivity index (χ0n) is 14.5. The van der Waals surface area contributed by atoms with Gasteiger partial charge in [-0.2, -0.15) is 0 Å². The molecule has 1 saturated heterocycles. The molecule has 0 bridgehead atoms. The van der Waals surface area contributed by atoms with E-state index < -0.39 is 5.97 Å². The molecule has 0 spiro atoms. The lowest BCUT2D eigenvalue weighted by Gasteiger charge is -2.22. The van der Waals surface area contributed by atoms with Gasteiger partial charge in [0.1, 0.15) is 4.88 Å². The topological polar surface area (TPSA) is 82.5 Å². The maximum absolute atomic E-state index is 12.6. The fraction of sp³-hybridized carbons (Fsp3) is 0.688. The quantitative estimate of drug-likeness (QED) is 0.796. The highest BCUT2D eigenvalue weighted by Crippen LogP contribution is 2.25. The van der Waals surface area contributed by atoms with Crippen LogP contribution in [0, 0.1) is 18.8 Å². The van der Waals surface area contributed by atoms with E-state index >= 15 is 0 Å². The molecular weight excluding hydrogens is 350 g/mol. The third kappa shape index (κ3) is 4.91. The second-order valence-electron chi connectivity index (χ2n) is 6.44. The Kier molecular flexibility index (Phi) is 7.63. The Labute approximate surface area is 153 Å². The van der Waals surface area contributed by atoms with Gasteiger partial charge in [0.25, 0.3) is 5.91 Å². The van der Waals surface area contributed by atoms with Crippen molar-refractivity contribution in [2.45, 2.75) is 40.2 Å². The first kappa shape index (κ1) is 20.9. The number of aromatic nitrogens is 1. The number of aliphatic carboxylic acids is 1. The van der Waals surface area contributed by atoms with Crippen molar-refractivity contribution in [3.8, 4) is 0 Å². The van der Waals surface area contributed by atoms with Gasteiger partial charge in [0, 0.05) is 19.1 Å². The van der Waals surface area contributed by atoms with Crippen LogP contribution in [-0.4, -0.2) is 52.5 Å². The third-order valence-corrected chi connectivity index (χ3v) is 5.33. The number of nitrogens with one attached hydrogen (secondary N) is 1. The minimum absolute atomic E-state index is 0. The zero-order chi connectivity index (χ0) is 17.1. The highest BCUT2D eigenvalue weighted by atomic mass is 35.5. The summed E-state index contributed by atoms with van der Waals surface area (Å²) in [6.07, 6.45) is 0.733. The van der Waals surface area contributed by atoms with Crippen molar-refractivity contribution in [2.75, 3.05) is 19.6 Å². The lowest BCUT2D eigenvalue weighted by atomic mass is 9.91. The van der Waals surface area contributed by atoms with E-state index in [1.807, 2.05) is 18.7 Å². The van der Waals surface area contributed by atoms with E-state index in [4.69, 9.17) is 5.11 Å². The van der Waals surface area contributed by atoms with Crippen LogP contribution in [0.15, 0.2) is 0 Å². The number of carboxylic acid groups (broad SMARTS) is 1. The van der Waals surface area contributed by atoms with Crippen molar-refractivity contribution in [3.63, 3.8) is 0 Å². The molecule has 1 aromatic heterocycles. The molecule has 2 atom stereocenters. The largest absolute Gasteiger partial charge is 0.480 e. The Balaban J connectivity index is 0.00000288. The fourth-order valence-electron chi connectivity index (χ4n) is 3.18. The summed E-state index contributed by atoms with van der Waals surface area (Å²) in [6.45, 7) is 9.44. The molecule has 136 valence electrons. The van der Waals surface area contributed by atoms with Gasteiger partial charge >= 0.3 is 5.97 Å². The van der Waals surface area contributed by atoms with Gasteiger partial charge in [-0.3, -0.25) is 14.5 Å². The second kappa shape index (κ2) is 8.78. The first-order valence-electron chi connectivity index (χ1n) is 8.03. The van der Waals surface area contributed by atoms with E-state index in [2.05, 4.69) is 24.1 Å². The summed E-state index contributed by atoms with van der Waals surface area (Å²) >= 11 is 1.42. The molecule has 0 radical (unpaired) electrons. The molecule has 2 rings (SSSR count). The highest BCUT2D eigenvalue weighted by Gasteiger charge is 2.36. The smallest absolute Gasteiger partial charge is 0.317 e. The van der Waals surface area contributed by atoms with Crippen LogP contribution in [0.1, 0.15) is 41.1 Å². The Hall–Kier alpha value is -1.18. The first-order valence-corrected chi connectivity index (χ1v) is 8.84. The second-order valence-corrected chi connectivity index (χ2v) is 7.64. The van der Waals surface area contributed by atoms with Crippen LogP contribution in [0.3, 0.4) is 0 Å². The number of hydrogen-bond acceptors (Lipinski definition) is 5. The Morgan fingerprint density at radius 3 is 2.62 bits per heavy atom. The molecule has 1 aliphatic heterocycles. The van der Waals surface area contributed by atoms with E-state index in [1.54, 1.807) is 0 Å². The summed E-state index contributed by atoms with van der Waals surface area (Å²) in [7, 11) is 0. The van der Waals surface area contributed by atoms with Crippen molar-refractivity contribution in [2.24, 2.45) is 11.8 Å². The van der Waals surface area contributed by atoms with Gasteiger partial charge in [-0.25, -0.2) is 4.98 Å². The van der Waals surface area contributed by atoms with Crippen LogP contribution < -0.4 is 5.32 Å². The highest BCUT2D eigenvalue weighted by molar-refractivity contribution is 7.13. The van der Waals surface area contributed by atoms with Crippen molar-refractivity contribution < 1.29 is 14.7 Å². The molecule has 6 nitrogen and oxygen atoms in total. The minimum atomic E-state index is -0.828. The number of rotatable bonds is 6. The number of aryl methyl sites for hydroxylation is 2. The molecule has 1 amide bonds. The van der Waals surface area contributed by atoms with Gasteiger partial charge in [-0.15, -0.1) is 23.7 Å². The molecular formula is C16H26ClN3O3S. The van der Waals surface area contributed by atoms with E-state index in [-0.39, 0.29) is 36.8 Å². The monoisotopic (exact) mass is 375 g/mol. The van der Waals surface area contributed by atoms with E-state index in [0.29, 0.717) is 23.9 Å². The Morgan fingerprint density at radius 2 is 2.08 bits per heavy atom. The maximum atomic E-state index is 12.6. The molecule has 24 heavy (non-hydrogen) atoms. The number of thiazole rings is 1. The molecule has 8 heteroatoms. The van der Waals surface area contributed by atoms with Crippen molar-refractivity contribution >= 4 is 35.6 Å². The van der Waals surface area contributed by atoms with Gasteiger partial charge in [0.15, 0.2) is 0 Å². The first-order chi connectivity index (χ1) is 10.8. The molecule has 1 fully saturated rings. The van der Waals surface area contributed by atoms with Crippen molar-refractivity contribution in [3.05, 3.63) is 15.6 Å². The lowest BCUT2D eigenvalue weighted by Crippen LogP contribution is -2.42. The van der Waals surface area contributed by atoms with Crippen molar-refractivity contribution in [1.82, 2.24) is 15.2 Å². The van der Waals surface area contributed by atoms with Crippen molar-refractivity contribution in [1.29, 1.82) is 0 Å². The SMILES string of the molecule is CCc1nc(C)sc1C(=O)N[C@H]1CN(CC(=O)O)C[C@@H]1C(C)C.Cl. The van der Waals surface area contributed by atoms with Gasteiger partial charge in [0.2, 0.25) is 0 Å². The number of likely N-dealkylation sites (tertiary alicyclic amines) is 1. The molecule has 1 aliphatic rings. The molecule has 0 aliphatic carbocycles. The fourth-order valence-corrected chi connectivity index (χ4v) is 4.09. The van der Waals surface area contributed by atoms with Crippen LogP contribution in [0.4, 0.5) is 0 Å². The molecule has 0 unspecified atom stereocenters. The summed E-state index contributed by atoms with van der Waals surface area (Å²) in [5.41, 5.74) is 0.839. The van der Waals surface area contributed by atoms with Gasteiger partial charge < -0.3 is 10.4 Å². The lowest BCUT2D eigenvalue weighted by molar-refractivity contribution is -0.138. The van der Waals surface area contributed by atoms with Crippen LogP contribution >= 0.6 is 23.7 Å². The predicted octanol–water partition coefficient (Wildman–Crippen LogP) is 2.21. The summed E-state index contributed by atoms with van der Waals surface area (Å²) in [6, 6.07) is -0.0195. The van der Waals surface area contributed by atoms with E-state index in [0.717, 1.165) is 17.1 Å². The molecule has 1 aromatic rings. The molecule has 0 aromatic carbocycles. The standard InChI is InChI=1S/C16H25N3O3S.ClH/c1-5-12-15(23-10(4)17-12)16(22)18-13-7-19(8-14(20)21)6-11(13)9(2)3;/h9,11,13H,5-8H2,1-4H3,(H,18,22)(H,20,21);1H/t11-,13+;/m1./s1. The van der Waals surface area contributed by atoms with E-state index in [9.17, 15) is 9.59 Å². The number of carboxylic acids is 1. The maximum Gasteiger partial charge on any atom is 0.317 e. The van der Waals surface area contributed by atoms with Crippen LogP contribution in [0.2, 0.25) is 0 Å². The molecule has 2 heterocycles. The third-order valence-electron chi connectivity index (χ3n) is 4.32.